The molecule has 2 atom stereocenters. The third-order valence-corrected chi connectivity index (χ3v) is 8.70. The SMILES string of the molecule is CC(C)(C)OC[C@H](CN1CCOCC1)NC(=O)CC[C@@H](C1CCCCC1)N1Cc2cc(Oc3ccccc3)ncc2N=C1N.S.S. The van der Waals surface area contributed by atoms with Crippen molar-refractivity contribution in [2.45, 2.75) is 89.9 Å². The molecule has 5 rings (SSSR count). The first kappa shape index (κ1) is 37.9. The zero-order chi connectivity index (χ0) is 30.9. The Bertz CT molecular complexity index is 1250. The van der Waals surface area contributed by atoms with Crippen LogP contribution in [0.15, 0.2) is 47.6 Å². The number of fused-ring (bicyclic) bond motifs is 1. The van der Waals surface area contributed by atoms with E-state index >= 15 is 0 Å². The van der Waals surface area contributed by atoms with Crippen LogP contribution in [0.1, 0.15) is 71.3 Å². The van der Waals surface area contributed by atoms with Gasteiger partial charge in [-0.1, -0.05) is 37.5 Å². The van der Waals surface area contributed by atoms with Crippen LogP contribution in [0.2, 0.25) is 0 Å². The fourth-order valence-corrected chi connectivity index (χ4v) is 6.43. The van der Waals surface area contributed by atoms with Crippen molar-refractivity contribution >= 4 is 44.5 Å². The second kappa shape index (κ2) is 18.1. The monoisotopic (exact) mass is 674 g/mol. The highest BCUT2D eigenvalue weighted by Gasteiger charge is 2.33. The van der Waals surface area contributed by atoms with E-state index in [4.69, 9.17) is 24.9 Å². The molecule has 1 saturated carbocycles. The van der Waals surface area contributed by atoms with E-state index in [0.717, 1.165) is 62.7 Å². The van der Waals surface area contributed by atoms with Crippen molar-refractivity contribution in [2.24, 2.45) is 16.6 Å². The second-order valence-corrected chi connectivity index (χ2v) is 13.3. The molecule has 0 bridgehead atoms. The van der Waals surface area contributed by atoms with E-state index in [9.17, 15) is 4.79 Å². The van der Waals surface area contributed by atoms with E-state index in [2.05, 4.69) is 20.1 Å². The number of amides is 1. The highest BCUT2D eigenvalue weighted by atomic mass is 32.1. The van der Waals surface area contributed by atoms with E-state index in [1.165, 1.54) is 19.3 Å². The number of benzene rings is 1. The molecule has 0 radical (unpaired) electrons. The number of para-hydroxylation sites is 1. The van der Waals surface area contributed by atoms with E-state index < -0.39 is 0 Å². The third-order valence-electron chi connectivity index (χ3n) is 8.70. The Hall–Kier alpha value is -2.51. The van der Waals surface area contributed by atoms with Crippen LogP contribution >= 0.6 is 27.0 Å². The van der Waals surface area contributed by atoms with E-state index in [1.807, 2.05) is 57.2 Å². The molecule has 0 spiro atoms. The largest absolute Gasteiger partial charge is 0.439 e. The molecule has 1 aromatic carbocycles. The number of ether oxygens (including phenoxy) is 3. The molecule has 1 saturated heterocycles. The first-order chi connectivity index (χ1) is 21.2. The van der Waals surface area contributed by atoms with E-state index in [0.29, 0.717) is 43.8 Å². The van der Waals surface area contributed by atoms with Gasteiger partial charge in [-0.05, 0) is 58.1 Å². The van der Waals surface area contributed by atoms with Crippen LogP contribution in [0.3, 0.4) is 0 Å². The normalized spacial score (nSPS) is 18.7. The second-order valence-electron chi connectivity index (χ2n) is 13.3. The zero-order valence-electron chi connectivity index (χ0n) is 27.7. The molecule has 3 aliphatic rings. The van der Waals surface area contributed by atoms with Gasteiger partial charge < -0.3 is 30.2 Å². The Morgan fingerprint density at radius 1 is 1.11 bits per heavy atom. The molecule has 46 heavy (non-hydrogen) atoms. The number of carbonyl (C=O) groups is 1. The summed E-state index contributed by atoms with van der Waals surface area (Å²) in [6, 6.07) is 11.6. The van der Waals surface area contributed by atoms with Crippen molar-refractivity contribution in [1.82, 2.24) is 20.1 Å². The highest BCUT2D eigenvalue weighted by Crippen LogP contribution is 2.36. The number of hydrogen-bond donors (Lipinski definition) is 2. The predicted octanol–water partition coefficient (Wildman–Crippen LogP) is 5.22. The summed E-state index contributed by atoms with van der Waals surface area (Å²) in [5.41, 5.74) is 8.13. The van der Waals surface area contributed by atoms with Crippen molar-refractivity contribution in [3.05, 3.63) is 48.2 Å². The lowest BCUT2D eigenvalue weighted by Gasteiger charge is -2.41. The molecule has 2 fully saturated rings. The lowest BCUT2D eigenvalue weighted by atomic mass is 9.81. The minimum Gasteiger partial charge on any atom is -0.439 e. The minimum absolute atomic E-state index is 0. The van der Waals surface area contributed by atoms with Crippen LogP contribution in [0.4, 0.5) is 5.69 Å². The van der Waals surface area contributed by atoms with Crippen molar-refractivity contribution in [3.63, 3.8) is 0 Å². The van der Waals surface area contributed by atoms with Gasteiger partial charge in [0, 0.05) is 50.3 Å². The maximum atomic E-state index is 13.5. The molecule has 10 nitrogen and oxygen atoms in total. The average molecular weight is 675 g/mol. The van der Waals surface area contributed by atoms with Crippen LogP contribution in [0, 0.1) is 5.92 Å². The van der Waals surface area contributed by atoms with Gasteiger partial charge in [0.15, 0.2) is 5.96 Å². The predicted molar refractivity (Wildman–Crippen MR) is 193 cm³/mol. The quantitative estimate of drug-likeness (QED) is 0.315. The number of morpholine rings is 1. The summed E-state index contributed by atoms with van der Waals surface area (Å²) in [5, 5.41) is 3.30. The molecular formula is C34H54N6O4S2. The molecule has 3 heterocycles. The van der Waals surface area contributed by atoms with Gasteiger partial charge in [-0.25, -0.2) is 9.98 Å². The molecule has 0 unspecified atom stereocenters. The summed E-state index contributed by atoms with van der Waals surface area (Å²) < 4.78 is 17.7. The number of carbonyl (C=O) groups excluding carboxylic acids is 1. The number of nitrogens with two attached hydrogens (primary N) is 1. The molecule has 3 N–H and O–H groups in total. The first-order valence-electron chi connectivity index (χ1n) is 16.3. The van der Waals surface area contributed by atoms with Crippen molar-refractivity contribution < 1.29 is 19.0 Å². The van der Waals surface area contributed by atoms with Crippen LogP contribution in [-0.4, -0.2) is 83.8 Å². The Balaban J connectivity index is 0.00000288. The summed E-state index contributed by atoms with van der Waals surface area (Å²) in [4.78, 5) is 27.2. The van der Waals surface area contributed by atoms with Gasteiger partial charge in [-0.2, -0.15) is 27.0 Å². The van der Waals surface area contributed by atoms with Gasteiger partial charge >= 0.3 is 0 Å². The Kier molecular flexibility index (Phi) is 15.0. The maximum Gasteiger partial charge on any atom is 0.220 e. The highest BCUT2D eigenvalue weighted by molar-refractivity contribution is 7.59. The number of nitrogens with zero attached hydrogens (tertiary/aromatic N) is 4. The molecule has 12 heteroatoms. The third kappa shape index (κ3) is 11.3. The first-order valence-corrected chi connectivity index (χ1v) is 16.3. The fraction of sp³-hybridized carbons (Fsp3) is 0.618. The number of hydrogen-bond acceptors (Lipinski definition) is 9. The number of nitrogens with one attached hydrogen (secondary N) is 1. The molecular weight excluding hydrogens is 621 g/mol. The molecule has 1 aromatic heterocycles. The lowest BCUT2D eigenvalue weighted by Crippen LogP contribution is -2.51. The summed E-state index contributed by atoms with van der Waals surface area (Å²) >= 11 is 0. The Morgan fingerprint density at radius 3 is 2.52 bits per heavy atom. The smallest absolute Gasteiger partial charge is 0.220 e. The number of aromatic nitrogens is 1. The fourth-order valence-electron chi connectivity index (χ4n) is 6.43. The average Bonchev–Trinajstić information content (AvgIpc) is 3.01. The number of aliphatic imine (C=N–C) groups is 1. The van der Waals surface area contributed by atoms with Gasteiger partial charge in [0.25, 0.3) is 0 Å². The summed E-state index contributed by atoms with van der Waals surface area (Å²) in [6.45, 7) is 11.2. The van der Waals surface area contributed by atoms with Crippen LogP contribution in [0.25, 0.3) is 0 Å². The number of guanidine groups is 1. The molecule has 1 aliphatic carbocycles. The Labute approximate surface area is 288 Å². The molecule has 1 amide bonds. The van der Waals surface area contributed by atoms with Gasteiger partial charge in [0.05, 0.1) is 43.3 Å². The summed E-state index contributed by atoms with van der Waals surface area (Å²) in [7, 11) is 0. The standard InChI is InChI=1S/C34H50N6O4.2H2S/c1-34(2,3)43-24-27(23-39-16-18-42-19-17-39)37-31(41)15-14-30(25-10-6-4-7-11-25)40-22-26-20-32(36-21-29(26)38-33(40)35)44-28-12-8-5-9-13-28;;/h5,8-9,12-13,20-21,25,27,30H,4,6-7,10-11,14-19,22-24H2,1-3H3,(H2,35,38)(H,37,41);2*1H2/t27-,30-;;/m0../s1. The van der Waals surface area contributed by atoms with Gasteiger partial charge in [0.1, 0.15) is 5.75 Å². The molecule has 2 aromatic rings. The minimum atomic E-state index is -0.275. The zero-order valence-corrected chi connectivity index (χ0v) is 29.7. The molecule has 256 valence electrons. The van der Waals surface area contributed by atoms with Gasteiger partial charge in [0.2, 0.25) is 11.8 Å². The number of pyridine rings is 1. The van der Waals surface area contributed by atoms with E-state index in [-0.39, 0.29) is 50.6 Å². The van der Waals surface area contributed by atoms with Crippen LogP contribution in [-0.2, 0) is 20.8 Å². The van der Waals surface area contributed by atoms with Crippen molar-refractivity contribution in [1.29, 1.82) is 0 Å². The van der Waals surface area contributed by atoms with E-state index in [1.54, 1.807) is 6.20 Å². The van der Waals surface area contributed by atoms with Gasteiger partial charge in [-0.3, -0.25) is 9.69 Å². The number of rotatable bonds is 12. The van der Waals surface area contributed by atoms with Crippen molar-refractivity contribution in [2.75, 3.05) is 39.5 Å². The van der Waals surface area contributed by atoms with Crippen LogP contribution < -0.4 is 15.8 Å². The topological polar surface area (TPSA) is 115 Å². The lowest BCUT2D eigenvalue weighted by molar-refractivity contribution is -0.123. The van der Waals surface area contributed by atoms with Gasteiger partial charge in [-0.15, -0.1) is 0 Å². The summed E-state index contributed by atoms with van der Waals surface area (Å²) in [6.07, 6.45) is 8.82. The maximum absolute atomic E-state index is 13.5. The van der Waals surface area contributed by atoms with Crippen molar-refractivity contribution in [3.8, 4) is 11.6 Å². The Morgan fingerprint density at radius 2 is 1.83 bits per heavy atom. The van der Waals surface area contributed by atoms with Crippen LogP contribution in [0.5, 0.6) is 11.6 Å². The molecule has 2 aliphatic heterocycles. The summed E-state index contributed by atoms with van der Waals surface area (Å²) in [5.74, 6) is 2.28.